The molecule has 0 saturated heterocycles. The fourth-order valence-corrected chi connectivity index (χ4v) is 1.91. The van der Waals surface area contributed by atoms with Crippen LogP contribution in [0.5, 0.6) is 5.75 Å². The highest BCUT2D eigenvalue weighted by molar-refractivity contribution is 5.68. The van der Waals surface area contributed by atoms with Crippen molar-refractivity contribution in [2.24, 2.45) is 0 Å². The summed E-state index contributed by atoms with van der Waals surface area (Å²) < 4.78 is 0. The van der Waals surface area contributed by atoms with Crippen molar-refractivity contribution in [1.82, 2.24) is 0 Å². The smallest absolute Gasteiger partial charge is 0.139 e. The maximum absolute atomic E-state index is 9.89. The SMILES string of the molecule is CCN(c1ccc(C)cc1)c1ccccc1O. The van der Waals surface area contributed by atoms with Gasteiger partial charge in [0.1, 0.15) is 5.75 Å². The fraction of sp³-hybridized carbons (Fsp3) is 0.200. The van der Waals surface area contributed by atoms with E-state index in [9.17, 15) is 5.11 Å². The van der Waals surface area contributed by atoms with Crippen molar-refractivity contribution in [3.05, 3.63) is 54.1 Å². The molecule has 2 heteroatoms. The molecule has 0 unspecified atom stereocenters. The highest BCUT2D eigenvalue weighted by Gasteiger charge is 2.10. The third-order valence-corrected chi connectivity index (χ3v) is 2.83. The molecule has 2 rings (SSSR count). The number of phenolic OH excluding ortho intramolecular Hbond substituents is 1. The van der Waals surface area contributed by atoms with Crippen molar-refractivity contribution in [1.29, 1.82) is 0 Å². The number of rotatable bonds is 3. The van der Waals surface area contributed by atoms with Gasteiger partial charge in [-0.2, -0.15) is 0 Å². The largest absolute Gasteiger partial charge is 0.506 e. The Morgan fingerprint density at radius 3 is 2.24 bits per heavy atom. The van der Waals surface area contributed by atoms with Crippen LogP contribution in [0.3, 0.4) is 0 Å². The van der Waals surface area contributed by atoms with E-state index in [1.807, 2.05) is 18.2 Å². The van der Waals surface area contributed by atoms with E-state index in [1.54, 1.807) is 6.07 Å². The number of anilines is 2. The molecular formula is C15H17NO. The second-order valence-electron chi connectivity index (χ2n) is 4.07. The summed E-state index contributed by atoms with van der Waals surface area (Å²) in [5, 5.41) is 9.89. The summed E-state index contributed by atoms with van der Waals surface area (Å²) in [5.41, 5.74) is 3.18. The molecule has 0 aromatic heterocycles. The van der Waals surface area contributed by atoms with Crippen LogP contribution in [0.4, 0.5) is 11.4 Å². The molecule has 0 radical (unpaired) electrons. The van der Waals surface area contributed by atoms with E-state index in [0.717, 1.165) is 17.9 Å². The predicted molar refractivity (Wildman–Crippen MR) is 72.0 cm³/mol. The maximum Gasteiger partial charge on any atom is 0.139 e. The lowest BCUT2D eigenvalue weighted by molar-refractivity contribution is 0.475. The van der Waals surface area contributed by atoms with Gasteiger partial charge in [-0.3, -0.25) is 0 Å². The first-order chi connectivity index (χ1) is 8.22. The van der Waals surface area contributed by atoms with Crippen molar-refractivity contribution < 1.29 is 5.11 Å². The number of benzene rings is 2. The fourth-order valence-electron chi connectivity index (χ4n) is 1.91. The van der Waals surface area contributed by atoms with Crippen molar-refractivity contribution in [3.8, 4) is 5.75 Å². The van der Waals surface area contributed by atoms with Crippen molar-refractivity contribution >= 4 is 11.4 Å². The summed E-state index contributed by atoms with van der Waals surface area (Å²) in [6.07, 6.45) is 0. The van der Waals surface area contributed by atoms with Crippen LogP contribution in [0.1, 0.15) is 12.5 Å². The molecule has 88 valence electrons. The van der Waals surface area contributed by atoms with E-state index in [2.05, 4.69) is 43.0 Å². The second kappa shape index (κ2) is 4.91. The third-order valence-electron chi connectivity index (χ3n) is 2.83. The van der Waals surface area contributed by atoms with Crippen LogP contribution >= 0.6 is 0 Å². The first kappa shape index (κ1) is 11.5. The Balaban J connectivity index is 2.40. The lowest BCUT2D eigenvalue weighted by Crippen LogP contribution is -2.15. The van der Waals surface area contributed by atoms with Gasteiger partial charge in [0.25, 0.3) is 0 Å². The molecule has 0 amide bonds. The molecule has 0 atom stereocenters. The first-order valence-electron chi connectivity index (χ1n) is 5.84. The minimum Gasteiger partial charge on any atom is -0.506 e. The van der Waals surface area contributed by atoms with Crippen LogP contribution in [0, 0.1) is 6.92 Å². The van der Waals surface area contributed by atoms with Gasteiger partial charge < -0.3 is 10.0 Å². The molecule has 0 fully saturated rings. The third kappa shape index (κ3) is 2.41. The zero-order valence-electron chi connectivity index (χ0n) is 10.2. The van der Waals surface area contributed by atoms with Crippen LogP contribution < -0.4 is 4.90 Å². The number of nitrogens with zero attached hydrogens (tertiary/aromatic N) is 1. The van der Waals surface area contributed by atoms with E-state index in [-0.39, 0.29) is 0 Å². The summed E-state index contributed by atoms with van der Waals surface area (Å²) >= 11 is 0. The lowest BCUT2D eigenvalue weighted by Gasteiger charge is -2.24. The van der Waals surface area contributed by atoms with Gasteiger partial charge in [0.2, 0.25) is 0 Å². The standard InChI is InChI=1S/C15H17NO/c1-3-16(13-10-8-12(2)9-11-13)14-6-4-5-7-15(14)17/h4-11,17H,3H2,1-2H3. The van der Waals surface area contributed by atoms with Crippen LogP contribution in [0.25, 0.3) is 0 Å². The Hall–Kier alpha value is -1.96. The average Bonchev–Trinajstić information content (AvgIpc) is 2.35. The molecule has 2 nitrogen and oxygen atoms in total. The van der Waals surface area contributed by atoms with E-state index in [1.165, 1.54) is 5.56 Å². The molecule has 0 saturated carbocycles. The summed E-state index contributed by atoms with van der Waals surface area (Å²) in [7, 11) is 0. The minimum atomic E-state index is 0.315. The number of hydrogen-bond donors (Lipinski definition) is 1. The number of para-hydroxylation sites is 2. The summed E-state index contributed by atoms with van der Waals surface area (Å²) in [5.74, 6) is 0.315. The normalized spacial score (nSPS) is 10.2. The van der Waals surface area contributed by atoms with Crippen LogP contribution in [-0.4, -0.2) is 11.7 Å². The number of aryl methyl sites for hydroxylation is 1. The van der Waals surface area contributed by atoms with Gasteiger partial charge in [0.15, 0.2) is 0 Å². The Labute approximate surface area is 102 Å². The highest BCUT2D eigenvalue weighted by atomic mass is 16.3. The molecule has 2 aromatic carbocycles. The quantitative estimate of drug-likeness (QED) is 0.860. The molecule has 1 N–H and O–H groups in total. The highest BCUT2D eigenvalue weighted by Crippen LogP contribution is 2.32. The molecule has 0 heterocycles. The van der Waals surface area contributed by atoms with Gasteiger partial charge in [-0.05, 0) is 38.1 Å². The minimum absolute atomic E-state index is 0.315. The first-order valence-corrected chi connectivity index (χ1v) is 5.84. The lowest BCUT2D eigenvalue weighted by atomic mass is 10.2. The van der Waals surface area contributed by atoms with Crippen molar-refractivity contribution in [2.45, 2.75) is 13.8 Å². The van der Waals surface area contributed by atoms with E-state index in [4.69, 9.17) is 0 Å². The van der Waals surface area contributed by atoms with Gasteiger partial charge in [-0.15, -0.1) is 0 Å². The van der Waals surface area contributed by atoms with Gasteiger partial charge in [0.05, 0.1) is 5.69 Å². The number of aromatic hydroxyl groups is 1. The van der Waals surface area contributed by atoms with Crippen molar-refractivity contribution in [3.63, 3.8) is 0 Å². The molecule has 0 aliphatic carbocycles. The van der Waals surface area contributed by atoms with Gasteiger partial charge >= 0.3 is 0 Å². The summed E-state index contributed by atoms with van der Waals surface area (Å²) in [6.45, 7) is 4.97. The Bertz CT molecular complexity index is 491. The molecule has 0 aliphatic rings. The molecule has 0 aliphatic heterocycles. The Morgan fingerprint density at radius 1 is 1.00 bits per heavy atom. The zero-order chi connectivity index (χ0) is 12.3. The number of phenols is 1. The molecular weight excluding hydrogens is 210 g/mol. The van der Waals surface area contributed by atoms with Gasteiger partial charge in [-0.1, -0.05) is 29.8 Å². The molecule has 17 heavy (non-hydrogen) atoms. The van der Waals surface area contributed by atoms with Crippen LogP contribution in [-0.2, 0) is 0 Å². The molecule has 0 bridgehead atoms. The second-order valence-corrected chi connectivity index (χ2v) is 4.07. The molecule has 2 aromatic rings. The van der Waals surface area contributed by atoms with E-state index in [0.29, 0.717) is 5.75 Å². The molecule has 0 spiro atoms. The summed E-state index contributed by atoms with van der Waals surface area (Å²) in [4.78, 5) is 2.09. The van der Waals surface area contributed by atoms with Gasteiger partial charge in [-0.25, -0.2) is 0 Å². The Morgan fingerprint density at radius 2 is 1.65 bits per heavy atom. The van der Waals surface area contributed by atoms with Crippen LogP contribution in [0.15, 0.2) is 48.5 Å². The number of hydrogen-bond acceptors (Lipinski definition) is 2. The topological polar surface area (TPSA) is 23.5 Å². The van der Waals surface area contributed by atoms with Crippen molar-refractivity contribution in [2.75, 3.05) is 11.4 Å². The Kier molecular flexibility index (Phi) is 3.33. The van der Waals surface area contributed by atoms with E-state index >= 15 is 0 Å². The predicted octanol–water partition coefficient (Wildman–Crippen LogP) is 3.86. The van der Waals surface area contributed by atoms with Crippen LogP contribution in [0.2, 0.25) is 0 Å². The average molecular weight is 227 g/mol. The maximum atomic E-state index is 9.89. The summed E-state index contributed by atoms with van der Waals surface area (Å²) in [6, 6.07) is 15.7. The van der Waals surface area contributed by atoms with E-state index < -0.39 is 0 Å². The van der Waals surface area contributed by atoms with Gasteiger partial charge in [0, 0.05) is 12.2 Å². The monoisotopic (exact) mass is 227 g/mol. The zero-order valence-corrected chi connectivity index (χ0v) is 10.2.